The quantitative estimate of drug-likeness (QED) is 0.613. The van der Waals surface area contributed by atoms with Gasteiger partial charge in [-0.1, -0.05) is 12.1 Å². The van der Waals surface area contributed by atoms with Crippen LogP contribution >= 0.6 is 11.3 Å². The van der Waals surface area contributed by atoms with E-state index in [1.807, 2.05) is 22.9 Å². The van der Waals surface area contributed by atoms with Gasteiger partial charge in [-0.25, -0.2) is 14.6 Å². The number of primary amides is 1. The smallest absolute Gasteiger partial charge is 0.225 e. The molecule has 3 heterocycles. The highest BCUT2D eigenvalue weighted by atomic mass is 32.1. The third-order valence-electron chi connectivity index (χ3n) is 4.52. The average molecular weight is 401 g/mol. The lowest BCUT2D eigenvalue weighted by Gasteiger charge is -2.23. The third kappa shape index (κ3) is 4.73. The second-order valence-corrected chi connectivity index (χ2v) is 7.88. The van der Waals surface area contributed by atoms with E-state index in [-0.39, 0.29) is 12.5 Å². The fraction of sp³-hybridized carbons (Fsp3) is 0.474. The van der Waals surface area contributed by atoms with Crippen LogP contribution in [0.25, 0.3) is 10.2 Å². The summed E-state index contributed by atoms with van der Waals surface area (Å²) in [6, 6.07) is 8.17. The molecule has 1 unspecified atom stereocenters. The van der Waals surface area contributed by atoms with Gasteiger partial charge in [0.1, 0.15) is 11.9 Å². The molecule has 1 atom stereocenters. The lowest BCUT2D eigenvalue weighted by molar-refractivity contribution is -0.117. The van der Waals surface area contributed by atoms with Crippen LogP contribution in [-0.2, 0) is 40.1 Å². The van der Waals surface area contributed by atoms with Gasteiger partial charge < -0.3 is 15.2 Å². The molecule has 1 saturated heterocycles. The lowest BCUT2D eigenvalue weighted by Crippen LogP contribution is -2.33. The van der Waals surface area contributed by atoms with Gasteiger partial charge in [-0.3, -0.25) is 4.79 Å². The fourth-order valence-electron chi connectivity index (χ4n) is 3.25. The van der Waals surface area contributed by atoms with Crippen LogP contribution in [0.15, 0.2) is 24.3 Å². The summed E-state index contributed by atoms with van der Waals surface area (Å²) in [5.74, 6) is 0.862. The number of ether oxygens (including phenoxy) is 2. The van der Waals surface area contributed by atoms with Crippen molar-refractivity contribution in [1.29, 1.82) is 0 Å². The first-order valence-electron chi connectivity index (χ1n) is 9.42. The Kier molecular flexibility index (Phi) is 5.94. The van der Waals surface area contributed by atoms with Gasteiger partial charge in [-0.15, -0.1) is 11.3 Å². The standard InChI is InChI=1S/C19H23N5O3S/c20-16(25)10-17-22-18(24(23-17)11-13-12-26-8-9-27-13)6-3-7-19-21-14-4-1-2-5-15(14)28-19/h1-2,4-5,13H,3,6-12H2,(H2,20,25). The average Bonchev–Trinajstić information content (AvgIpc) is 3.25. The van der Waals surface area contributed by atoms with Gasteiger partial charge in [0.25, 0.3) is 0 Å². The molecule has 1 amide bonds. The van der Waals surface area contributed by atoms with E-state index in [4.69, 9.17) is 15.2 Å². The molecule has 0 aliphatic carbocycles. The fourth-order valence-corrected chi connectivity index (χ4v) is 4.26. The number of para-hydroxylation sites is 1. The highest BCUT2D eigenvalue weighted by molar-refractivity contribution is 7.18. The minimum atomic E-state index is -0.435. The van der Waals surface area contributed by atoms with E-state index in [1.54, 1.807) is 11.3 Å². The number of nitrogens with two attached hydrogens (primary N) is 1. The van der Waals surface area contributed by atoms with Crippen LogP contribution < -0.4 is 5.73 Å². The molecule has 9 heteroatoms. The third-order valence-corrected chi connectivity index (χ3v) is 5.61. The van der Waals surface area contributed by atoms with Crippen LogP contribution in [-0.4, -0.2) is 51.6 Å². The molecule has 1 aliphatic rings. The van der Waals surface area contributed by atoms with Gasteiger partial charge in [-0.2, -0.15) is 5.10 Å². The predicted octanol–water partition coefficient (Wildman–Crippen LogP) is 1.51. The molecule has 1 aromatic carbocycles. The van der Waals surface area contributed by atoms with Crippen molar-refractivity contribution in [1.82, 2.24) is 19.7 Å². The maximum atomic E-state index is 11.2. The Balaban J connectivity index is 1.42. The van der Waals surface area contributed by atoms with E-state index in [0.717, 1.165) is 35.6 Å². The number of hydrogen-bond acceptors (Lipinski definition) is 7. The zero-order valence-electron chi connectivity index (χ0n) is 15.5. The van der Waals surface area contributed by atoms with Crippen molar-refractivity contribution in [3.05, 3.63) is 40.9 Å². The van der Waals surface area contributed by atoms with E-state index in [2.05, 4.69) is 21.1 Å². The normalized spacial score (nSPS) is 17.2. The van der Waals surface area contributed by atoms with E-state index >= 15 is 0 Å². The highest BCUT2D eigenvalue weighted by Gasteiger charge is 2.19. The minimum Gasteiger partial charge on any atom is -0.376 e. The molecule has 8 nitrogen and oxygen atoms in total. The minimum absolute atomic E-state index is 0.0416. The monoisotopic (exact) mass is 401 g/mol. The number of fused-ring (bicyclic) bond motifs is 1. The first-order valence-corrected chi connectivity index (χ1v) is 10.2. The van der Waals surface area contributed by atoms with Crippen molar-refractivity contribution in [3.8, 4) is 0 Å². The van der Waals surface area contributed by atoms with Crippen LogP contribution in [0.5, 0.6) is 0 Å². The van der Waals surface area contributed by atoms with Gasteiger partial charge >= 0.3 is 0 Å². The van der Waals surface area contributed by atoms with Crippen molar-refractivity contribution in [2.45, 2.75) is 38.3 Å². The van der Waals surface area contributed by atoms with Crippen molar-refractivity contribution >= 4 is 27.5 Å². The zero-order chi connectivity index (χ0) is 19.3. The lowest BCUT2D eigenvalue weighted by atomic mass is 10.2. The number of amides is 1. The first kappa shape index (κ1) is 19.0. The second-order valence-electron chi connectivity index (χ2n) is 6.77. The van der Waals surface area contributed by atoms with Crippen LogP contribution in [0.3, 0.4) is 0 Å². The molecule has 0 saturated carbocycles. The molecular formula is C19H23N5O3S. The molecule has 0 radical (unpaired) electrons. The molecule has 0 spiro atoms. The van der Waals surface area contributed by atoms with Gasteiger partial charge in [0.15, 0.2) is 5.82 Å². The summed E-state index contributed by atoms with van der Waals surface area (Å²) < 4.78 is 14.2. The summed E-state index contributed by atoms with van der Waals surface area (Å²) in [6.45, 7) is 2.30. The molecule has 1 aliphatic heterocycles. The topological polar surface area (TPSA) is 105 Å². The Labute approximate surface area is 166 Å². The molecular weight excluding hydrogens is 378 g/mol. The van der Waals surface area contributed by atoms with Crippen molar-refractivity contribution in [3.63, 3.8) is 0 Å². The summed E-state index contributed by atoms with van der Waals surface area (Å²) in [6.07, 6.45) is 2.51. The molecule has 148 valence electrons. The first-order chi connectivity index (χ1) is 13.7. The molecule has 4 rings (SSSR count). The largest absolute Gasteiger partial charge is 0.376 e. The Morgan fingerprint density at radius 3 is 2.93 bits per heavy atom. The van der Waals surface area contributed by atoms with Crippen LogP contribution in [0, 0.1) is 0 Å². The molecule has 3 aromatic rings. The molecule has 28 heavy (non-hydrogen) atoms. The Morgan fingerprint density at radius 2 is 2.14 bits per heavy atom. The number of carbonyl (C=O) groups excluding carboxylic acids is 1. The maximum absolute atomic E-state index is 11.2. The number of carbonyl (C=O) groups is 1. The number of aryl methyl sites for hydroxylation is 2. The Morgan fingerprint density at radius 1 is 1.25 bits per heavy atom. The van der Waals surface area contributed by atoms with Gasteiger partial charge in [-0.05, 0) is 25.0 Å². The molecule has 1 fully saturated rings. The van der Waals surface area contributed by atoms with Crippen LogP contribution in [0.2, 0.25) is 0 Å². The number of thiazole rings is 1. The number of aromatic nitrogens is 4. The predicted molar refractivity (Wildman–Crippen MR) is 105 cm³/mol. The van der Waals surface area contributed by atoms with Gasteiger partial charge in [0, 0.05) is 6.42 Å². The highest BCUT2D eigenvalue weighted by Crippen LogP contribution is 2.22. The Bertz CT molecular complexity index is 915. The number of hydrogen-bond donors (Lipinski definition) is 1. The van der Waals surface area contributed by atoms with Crippen molar-refractivity contribution in [2.75, 3.05) is 19.8 Å². The van der Waals surface area contributed by atoms with E-state index < -0.39 is 5.91 Å². The van der Waals surface area contributed by atoms with Gasteiger partial charge in [0.05, 0.1) is 48.0 Å². The van der Waals surface area contributed by atoms with Crippen LogP contribution in [0.4, 0.5) is 0 Å². The number of rotatable bonds is 8. The summed E-state index contributed by atoms with van der Waals surface area (Å²) in [5, 5.41) is 5.58. The molecule has 0 bridgehead atoms. The van der Waals surface area contributed by atoms with Crippen LogP contribution in [0.1, 0.15) is 23.1 Å². The Hall–Kier alpha value is -2.36. The summed E-state index contributed by atoms with van der Waals surface area (Å²) >= 11 is 1.73. The SMILES string of the molecule is NC(=O)Cc1nc(CCCc2nc3ccccc3s2)n(CC2COCCO2)n1. The van der Waals surface area contributed by atoms with Crippen molar-refractivity contribution in [2.24, 2.45) is 5.73 Å². The summed E-state index contributed by atoms with van der Waals surface area (Å²) in [4.78, 5) is 20.5. The van der Waals surface area contributed by atoms with E-state index in [9.17, 15) is 4.79 Å². The molecule has 2 N–H and O–H groups in total. The van der Waals surface area contributed by atoms with Crippen molar-refractivity contribution < 1.29 is 14.3 Å². The zero-order valence-corrected chi connectivity index (χ0v) is 16.4. The summed E-state index contributed by atoms with van der Waals surface area (Å²) in [7, 11) is 0. The van der Waals surface area contributed by atoms with E-state index in [0.29, 0.717) is 32.2 Å². The number of benzene rings is 1. The summed E-state index contributed by atoms with van der Waals surface area (Å²) in [5.41, 5.74) is 6.35. The van der Waals surface area contributed by atoms with E-state index in [1.165, 1.54) is 4.70 Å². The molecule has 2 aromatic heterocycles. The van der Waals surface area contributed by atoms with Gasteiger partial charge in [0.2, 0.25) is 5.91 Å². The maximum Gasteiger partial charge on any atom is 0.225 e. The number of nitrogens with zero attached hydrogens (tertiary/aromatic N) is 4. The second kappa shape index (κ2) is 8.76.